The highest BCUT2D eigenvalue weighted by atomic mass is 127. The second-order valence-corrected chi connectivity index (χ2v) is 4.69. The van der Waals surface area contributed by atoms with Crippen molar-refractivity contribution in [3.8, 4) is 0 Å². The number of fused-ring (bicyclic) bond motifs is 1. The molecule has 2 rings (SSSR count). The summed E-state index contributed by atoms with van der Waals surface area (Å²) < 4.78 is 1.44. The molecule has 64 valence electrons. The maximum absolute atomic E-state index is 2.43. The van der Waals surface area contributed by atoms with Crippen molar-refractivity contribution in [2.24, 2.45) is 5.92 Å². The highest BCUT2D eigenvalue weighted by Crippen LogP contribution is 2.36. The molecule has 0 aromatic heterocycles. The largest absolute Gasteiger partial charge is 0.372 e. The van der Waals surface area contributed by atoms with E-state index in [-0.39, 0.29) is 0 Å². The van der Waals surface area contributed by atoms with Crippen LogP contribution in [-0.4, -0.2) is 18.0 Å². The van der Waals surface area contributed by atoms with E-state index in [0.717, 1.165) is 0 Å². The molecule has 2 atom stereocenters. The number of hydrogen-bond acceptors (Lipinski definition) is 1. The number of likely N-dealkylation sites (N-methyl/N-ethyl adjacent to an activating group) is 1. The normalized spacial score (nSPS) is 33.1. The van der Waals surface area contributed by atoms with E-state index in [1.165, 1.54) is 9.15 Å². The van der Waals surface area contributed by atoms with Crippen molar-refractivity contribution in [3.63, 3.8) is 0 Å². The summed E-state index contributed by atoms with van der Waals surface area (Å²) >= 11 is 2.43. The van der Waals surface area contributed by atoms with Crippen LogP contribution in [0, 0.1) is 5.92 Å². The number of hydrogen-bond donors (Lipinski definition) is 0. The number of halogens is 1. The molecular weight excluding hydrogens is 261 g/mol. The van der Waals surface area contributed by atoms with E-state index in [4.69, 9.17) is 0 Å². The first-order valence-corrected chi connectivity index (χ1v) is 5.22. The fraction of sp³-hybridized carbons (Fsp3) is 0.400. The Morgan fingerprint density at radius 1 is 1.42 bits per heavy atom. The maximum Gasteiger partial charge on any atom is 0.0691 e. The van der Waals surface area contributed by atoms with Gasteiger partial charge in [0.15, 0.2) is 0 Å². The third-order valence-electron chi connectivity index (χ3n) is 2.62. The maximum atomic E-state index is 2.43. The first kappa shape index (κ1) is 8.35. The molecule has 0 radical (unpaired) electrons. The van der Waals surface area contributed by atoms with Crippen LogP contribution < -0.4 is 0 Å². The Morgan fingerprint density at radius 2 is 2.17 bits per heavy atom. The monoisotopic (exact) mass is 273 g/mol. The van der Waals surface area contributed by atoms with E-state index in [2.05, 4.69) is 65.9 Å². The minimum absolute atomic E-state index is 0.579. The summed E-state index contributed by atoms with van der Waals surface area (Å²) in [5, 5.41) is 0. The van der Waals surface area contributed by atoms with Gasteiger partial charge in [0, 0.05) is 16.5 Å². The van der Waals surface area contributed by atoms with Gasteiger partial charge in [-0.25, -0.2) is 0 Å². The van der Waals surface area contributed by atoms with Crippen LogP contribution in [0.4, 0.5) is 0 Å². The quantitative estimate of drug-likeness (QED) is 0.613. The van der Waals surface area contributed by atoms with Gasteiger partial charge in [-0.2, -0.15) is 0 Å². The van der Waals surface area contributed by atoms with E-state index in [1.54, 1.807) is 0 Å². The summed E-state index contributed by atoms with van der Waals surface area (Å²) in [6.07, 6.45) is 8.93. The van der Waals surface area contributed by atoms with Crippen molar-refractivity contribution in [2.75, 3.05) is 7.05 Å². The molecule has 12 heavy (non-hydrogen) atoms. The molecule has 0 saturated carbocycles. The SMILES string of the molecule is CC1=CC=C(I)C2C1C=CN2C. The van der Waals surface area contributed by atoms with Gasteiger partial charge >= 0.3 is 0 Å². The van der Waals surface area contributed by atoms with Crippen LogP contribution in [0.3, 0.4) is 0 Å². The Labute approximate surface area is 87.0 Å². The Kier molecular flexibility index (Phi) is 2.02. The lowest BCUT2D eigenvalue weighted by Gasteiger charge is -2.29. The van der Waals surface area contributed by atoms with Crippen molar-refractivity contribution in [1.82, 2.24) is 4.90 Å². The molecule has 1 aliphatic heterocycles. The van der Waals surface area contributed by atoms with Crippen LogP contribution in [0.15, 0.2) is 33.6 Å². The fourth-order valence-electron chi connectivity index (χ4n) is 1.87. The van der Waals surface area contributed by atoms with Crippen LogP contribution in [0.2, 0.25) is 0 Å². The van der Waals surface area contributed by atoms with Gasteiger partial charge in [0.2, 0.25) is 0 Å². The second-order valence-electron chi connectivity index (χ2n) is 3.44. The van der Waals surface area contributed by atoms with Crippen LogP contribution >= 0.6 is 22.6 Å². The highest BCUT2D eigenvalue weighted by molar-refractivity contribution is 14.1. The summed E-state index contributed by atoms with van der Waals surface area (Å²) in [6, 6.07) is 0.579. The number of rotatable bonds is 0. The second kappa shape index (κ2) is 2.91. The van der Waals surface area contributed by atoms with Gasteiger partial charge in [0.05, 0.1) is 6.04 Å². The van der Waals surface area contributed by atoms with Gasteiger partial charge in [-0.3, -0.25) is 0 Å². The minimum Gasteiger partial charge on any atom is -0.372 e. The standard InChI is InChI=1S/C10H12IN/c1-7-3-4-9(11)10-8(7)5-6-12(10)2/h3-6,8,10H,1-2H3. The van der Waals surface area contributed by atoms with Gasteiger partial charge in [-0.15, -0.1) is 0 Å². The van der Waals surface area contributed by atoms with Gasteiger partial charge in [0.25, 0.3) is 0 Å². The first-order valence-electron chi connectivity index (χ1n) is 4.14. The van der Waals surface area contributed by atoms with Gasteiger partial charge in [-0.1, -0.05) is 23.8 Å². The lowest BCUT2D eigenvalue weighted by molar-refractivity contribution is 0.371. The molecular formula is C10H12IN. The molecule has 0 amide bonds. The topological polar surface area (TPSA) is 3.24 Å². The average Bonchev–Trinajstić information content (AvgIpc) is 2.42. The summed E-state index contributed by atoms with van der Waals surface area (Å²) in [7, 11) is 2.15. The van der Waals surface area contributed by atoms with Gasteiger partial charge in [0.1, 0.15) is 0 Å². The zero-order valence-electron chi connectivity index (χ0n) is 7.29. The zero-order valence-corrected chi connectivity index (χ0v) is 9.45. The van der Waals surface area contributed by atoms with E-state index in [0.29, 0.717) is 12.0 Å². The van der Waals surface area contributed by atoms with Crippen molar-refractivity contribution < 1.29 is 0 Å². The zero-order chi connectivity index (χ0) is 8.72. The van der Waals surface area contributed by atoms with Gasteiger partial charge < -0.3 is 4.90 Å². The average molecular weight is 273 g/mol. The molecule has 2 heteroatoms. The van der Waals surface area contributed by atoms with Crippen LogP contribution in [-0.2, 0) is 0 Å². The summed E-state index contributed by atoms with van der Waals surface area (Å²) in [5.74, 6) is 0.617. The predicted molar refractivity (Wildman–Crippen MR) is 60.0 cm³/mol. The molecule has 0 saturated heterocycles. The Balaban J connectivity index is 2.37. The van der Waals surface area contributed by atoms with Crippen molar-refractivity contribution >= 4 is 22.6 Å². The third-order valence-corrected chi connectivity index (χ3v) is 3.62. The predicted octanol–water partition coefficient (Wildman–Crippen LogP) is 2.71. The van der Waals surface area contributed by atoms with Crippen LogP contribution in [0.25, 0.3) is 0 Å². The van der Waals surface area contributed by atoms with E-state index < -0.39 is 0 Å². The molecule has 2 aliphatic rings. The smallest absolute Gasteiger partial charge is 0.0691 e. The fourth-order valence-corrected chi connectivity index (χ4v) is 2.87. The minimum atomic E-state index is 0.579. The van der Waals surface area contributed by atoms with E-state index >= 15 is 0 Å². The molecule has 0 spiro atoms. The number of nitrogens with zero attached hydrogens (tertiary/aromatic N) is 1. The molecule has 1 nitrogen and oxygen atoms in total. The summed E-state index contributed by atoms with van der Waals surface area (Å²) in [5.41, 5.74) is 1.47. The lowest BCUT2D eigenvalue weighted by Crippen LogP contribution is -2.31. The lowest BCUT2D eigenvalue weighted by atomic mass is 9.90. The summed E-state index contributed by atoms with van der Waals surface area (Å²) in [6.45, 7) is 2.21. The first-order chi connectivity index (χ1) is 5.70. The Hall–Kier alpha value is -0.250. The van der Waals surface area contributed by atoms with Crippen molar-refractivity contribution in [2.45, 2.75) is 13.0 Å². The number of allylic oxidation sites excluding steroid dienone is 2. The van der Waals surface area contributed by atoms with Gasteiger partial charge in [-0.05, 0) is 35.7 Å². The molecule has 0 aromatic rings. The molecule has 2 unspecified atom stereocenters. The van der Waals surface area contributed by atoms with Crippen molar-refractivity contribution in [3.05, 3.63) is 33.6 Å². The molecule has 1 aliphatic carbocycles. The molecule has 0 fully saturated rings. The van der Waals surface area contributed by atoms with Crippen molar-refractivity contribution in [1.29, 1.82) is 0 Å². The summed E-state index contributed by atoms with van der Waals surface area (Å²) in [4.78, 5) is 2.29. The van der Waals surface area contributed by atoms with E-state index in [9.17, 15) is 0 Å². The molecule has 0 N–H and O–H groups in total. The van der Waals surface area contributed by atoms with E-state index in [1.807, 2.05) is 0 Å². The Bertz CT molecular complexity index is 288. The molecule has 0 aromatic carbocycles. The molecule has 0 bridgehead atoms. The van der Waals surface area contributed by atoms with Crippen LogP contribution in [0.5, 0.6) is 0 Å². The highest BCUT2D eigenvalue weighted by Gasteiger charge is 2.31. The Morgan fingerprint density at radius 3 is 2.83 bits per heavy atom. The van der Waals surface area contributed by atoms with Crippen LogP contribution in [0.1, 0.15) is 6.92 Å². The third kappa shape index (κ3) is 1.13. The molecule has 1 heterocycles.